The fourth-order valence-corrected chi connectivity index (χ4v) is 4.21. The van der Waals surface area contributed by atoms with Gasteiger partial charge >= 0.3 is 0 Å². The predicted molar refractivity (Wildman–Crippen MR) is 143 cm³/mol. The Morgan fingerprint density at radius 1 is 0.882 bits per heavy atom. The van der Waals surface area contributed by atoms with E-state index < -0.39 is 0 Å². The average molecular weight is 488 g/mol. The molecule has 0 atom stereocenters. The van der Waals surface area contributed by atoms with E-state index >= 15 is 0 Å². The van der Waals surface area contributed by atoms with Gasteiger partial charge in [0.1, 0.15) is 0 Å². The number of nitrogens with zero attached hydrogens (tertiary/aromatic N) is 3. The van der Waals surface area contributed by atoms with Gasteiger partial charge in [0.2, 0.25) is 0 Å². The number of halogens is 2. The van der Waals surface area contributed by atoms with E-state index in [9.17, 15) is 0 Å². The molecule has 0 saturated heterocycles. The summed E-state index contributed by atoms with van der Waals surface area (Å²) in [5, 5.41) is 5.69. The number of aromatic nitrogens is 2. The first-order chi connectivity index (χ1) is 16.4. The molecule has 0 spiro atoms. The first kappa shape index (κ1) is 22.3. The van der Waals surface area contributed by atoms with Crippen molar-refractivity contribution in [3.05, 3.63) is 94.3 Å². The monoisotopic (exact) mass is 487 g/mol. The van der Waals surface area contributed by atoms with E-state index in [1.807, 2.05) is 72.8 Å². The summed E-state index contributed by atoms with van der Waals surface area (Å²) < 4.78 is 2.17. The number of fused-ring (bicyclic) bond motifs is 2. The predicted octanol–water partition coefficient (Wildman–Crippen LogP) is 7.07. The highest BCUT2D eigenvalue weighted by Crippen LogP contribution is 2.31. The highest BCUT2D eigenvalue weighted by Gasteiger charge is 2.17. The molecule has 5 nitrogen and oxygen atoms in total. The maximum absolute atomic E-state index is 6.18. The van der Waals surface area contributed by atoms with E-state index in [0.29, 0.717) is 15.7 Å². The summed E-state index contributed by atoms with van der Waals surface area (Å²) >= 11 is 12.2. The zero-order valence-corrected chi connectivity index (χ0v) is 20.3. The van der Waals surface area contributed by atoms with Gasteiger partial charge in [-0.3, -0.25) is 4.99 Å². The van der Waals surface area contributed by atoms with Crippen LogP contribution >= 0.6 is 23.2 Å². The molecule has 3 N–H and O–H groups in total. The van der Waals surface area contributed by atoms with Crippen LogP contribution in [0.15, 0.2) is 83.9 Å². The van der Waals surface area contributed by atoms with Crippen molar-refractivity contribution in [2.45, 2.75) is 19.9 Å². The van der Waals surface area contributed by atoms with E-state index in [4.69, 9.17) is 38.9 Å². The molecule has 0 aromatic heterocycles. The molecule has 0 radical (unpaired) electrons. The number of rotatable bonds is 4. The molecule has 0 bridgehead atoms. The Morgan fingerprint density at radius 2 is 1.56 bits per heavy atom. The molecule has 0 saturated carbocycles. The minimum atomic E-state index is 0.111. The van der Waals surface area contributed by atoms with Gasteiger partial charge in [-0.15, -0.1) is 0 Å². The van der Waals surface area contributed by atoms with E-state index in [-0.39, 0.29) is 6.04 Å². The molecule has 1 aliphatic carbocycles. The third kappa shape index (κ3) is 4.45. The number of anilines is 3. The lowest BCUT2D eigenvalue weighted by Crippen LogP contribution is -2.16. The van der Waals surface area contributed by atoms with Crippen LogP contribution in [0.5, 0.6) is 0 Å². The molecule has 3 aromatic carbocycles. The second-order valence-electron chi connectivity index (χ2n) is 8.38. The minimum absolute atomic E-state index is 0.111. The Balaban J connectivity index is 1.82. The van der Waals surface area contributed by atoms with Crippen molar-refractivity contribution in [1.29, 1.82) is 0 Å². The van der Waals surface area contributed by atoms with E-state index in [2.05, 4.69) is 29.8 Å². The lowest BCUT2D eigenvalue weighted by Gasteiger charge is -2.21. The zero-order chi connectivity index (χ0) is 23.8. The number of nitrogen functional groups attached to an aromatic ring is 1. The van der Waals surface area contributed by atoms with Crippen molar-refractivity contribution in [2.75, 3.05) is 11.1 Å². The van der Waals surface area contributed by atoms with Crippen molar-refractivity contribution in [2.24, 2.45) is 4.99 Å². The van der Waals surface area contributed by atoms with Crippen molar-refractivity contribution < 1.29 is 0 Å². The topological polar surface area (TPSA) is 68.2 Å². The second kappa shape index (κ2) is 9.01. The van der Waals surface area contributed by atoms with Gasteiger partial charge in [0.15, 0.2) is 0 Å². The normalized spacial score (nSPS) is 12.1. The summed E-state index contributed by atoms with van der Waals surface area (Å²) in [5.74, 6) is 0. The summed E-state index contributed by atoms with van der Waals surface area (Å²) in [7, 11) is 0. The number of benzene rings is 4. The van der Waals surface area contributed by atoms with Crippen LogP contribution in [0, 0.1) is 0 Å². The third-order valence-corrected chi connectivity index (χ3v) is 5.92. The van der Waals surface area contributed by atoms with E-state index in [1.165, 1.54) is 0 Å². The van der Waals surface area contributed by atoms with Crippen LogP contribution in [-0.4, -0.2) is 15.6 Å². The van der Waals surface area contributed by atoms with E-state index in [1.54, 1.807) is 0 Å². The highest BCUT2D eigenvalue weighted by atomic mass is 35.5. The second-order valence-corrected chi connectivity index (χ2v) is 9.26. The Hall–Kier alpha value is -3.54. The van der Waals surface area contributed by atoms with Gasteiger partial charge in [-0.1, -0.05) is 23.2 Å². The van der Waals surface area contributed by atoms with Crippen LogP contribution in [0.3, 0.4) is 0 Å². The molecule has 3 aromatic rings. The molecule has 0 amide bonds. The molecule has 0 fully saturated rings. The van der Waals surface area contributed by atoms with Crippen LogP contribution in [-0.2, 0) is 0 Å². The van der Waals surface area contributed by atoms with E-state index in [0.717, 1.165) is 44.8 Å². The summed E-state index contributed by atoms with van der Waals surface area (Å²) in [6.07, 6.45) is 0. The van der Waals surface area contributed by atoms with Gasteiger partial charge in [0.05, 0.1) is 33.5 Å². The summed E-state index contributed by atoms with van der Waals surface area (Å²) in [6, 6.07) is 25.3. The zero-order valence-electron chi connectivity index (χ0n) is 18.8. The molecule has 1 aliphatic heterocycles. The fraction of sp³-hybridized carbons (Fsp3) is 0.111. The average Bonchev–Trinajstić information content (AvgIpc) is 2.80. The number of nitrogens with two attached hydrogens (primary N) is 1. The number of nitrogens with one attached hydrogen (secondary N) is 1. The molecular formula is C27H23Cl2N5. The first-order valence-corrected chi connectivity index (χ1v) is 11.7. The number of hydrogen-bond acceptors (Lipinski definition) is 4. The van der Waals surface area contributed by atoms with Crippen molar-refractivity contribution in [3.8, 4) is 17.1 Å². The molecule has 170 valence electrons. The minimum Gasteiger partial charge on any atom is -0.399 e. The maximum atomic E-state index is 6.18. The van der Waals surface area contributed by atoms with Crippen LogP contribution < -0.4 is 16.4 Å². The lowest BCUT2D eigenvalue weighted by atomic mass is 10.1. The Kier molecular flexibility index (Phi) is 5.90. The van der Waals surface area contributed by atoms with Crippen LogP contribution in [0.4, 0.5) is 17.1 Å². The van der Waals surface area contributed by atoms with Crippen molar-refractivity contribution >= 4 is 51.3 Å². The number of hydrogen-bond donors (Lipinski definition) is 2. The van der Waals surface area contributed by atoms with Gasteiger partial charge in [-0.25, -0.2) is 4.98 Å². The summed E-state index contributed by atoms with van der Waals surface area (Å²) in [5.41, 5.74) is 13.0. The molecule has 5 rings (SSSR count). The van der Waals surface area contributed by atoms with Crippen molar-refractivity contribution in [3.63, 3.8) is 0 Å². The first-order valence-electron chi connectivity index (χ1n) is 11.0. The van der Waals surface area contributed by atoms with Gasteiger partial charge in [-0.05, 0) is 92.7 Å². The Morgan fingerprint density at radius 3 is 2.24 bits per heavy atom. The summed E-state index contributed by atoms with van der Waals surface area (Å²) in [6.45, 7) is 4.12. The quantitative estimate of drug-likeness (QED) is 0.210. The van der Waals surface area contributed by atoms with Crippen LogP contribution in [0.2, 0.25) is 10.0 Å². The van der Waals surface area contributed by atoms with Gasteiger partial charge in [0, 0.05) is 33.1 Å². The molecule has 7 heteroatoms. The summed E-state index contributed by atoms with van der Waals surface area (Å²) in [4.78, 5) is 9.84. The fourth-order valence-electron chi connectivity index (χ4n) is 3.96. The van der Waals surface area contributed by atoms with Crippen LogP contribution in [0.25, 0.3) is 28.1 Å². The Bertz CT molecular complexity index is 1520. The molecule has 0 unspecified atom stereocenters. The van der Waals surface area contributed by atoms with Crippen molar-refractivity contribution in [1.82, 2.24) is 9.55 Å². The third-order valence-electron chi connectivity index (χ3n) is 5.42. The standard InChI is InChI=1S/C27H23Cl2N5/c1-16(2)31-23-15-27-25(14-22(23)32-20-8-3-17(28)4-9-20)33-24-13-19(30)7-12-26(24)34(27)21-10-5-18(29)6-11-21/h3-16,32H,30H2,1-2H3. The van der Waals surface area contributed by atoms with Gasteiger partial charge in [0.25, 0.3) is 0 Å². The molecule has 1 heterocycles. The molecular weight excluding hydrogens is 465 g/mol. The smallest absolute Gasteiger partial charge is 0.0900 e. The van der Waals surface area contributed by atoms with Gasteiger partial charge in [-0.2, -0.15) is 0 Å². The lowest BCUT2D eigenvalue weighted by molar-refractivity contribution is 0.806. The molecule has 34 heavy (non-hydrogen) atoms. The van der Waals surface area contributed by atoms with Crippen LogP contribution in [0.1, 0.15) is 13.8 Å². The molecule has 2 aliphatic rings. The SMILES string of the molecule is CC(C)N=c1cc2n(-c3ccc(Cl)cc3)c3ccc(N)cc3nc-2cc1Nc1ccc(Cl)cc1. The highest BCUT2D eigenvalue weighted by molar-refractivity contribution is 6.30. The largest absolute Gasteiger partial charge is 0.399 e. The Labute approximate surface area is 207 Å². The van der Waals surface area contributed by atoms with Gasteiger partial charge < -0.3 is 15.6 Å². The maximum Gasteiger partial charge on any atom is 0.0900 e.